The van der Waals surface area contributed by atoms with E-state index in [1.54, 1.807) is 13.0 Å². The highest BCUT2D eigenvalue weighted by Crippen LogP contribution is 2.61. The highest BCUT2D eigenvalue weighted by molar-refractivity contribution is 5.16. The van der Waals surface area contributed by atoms with E-state index in [2.05, 4.69) is 33.9 Å². The Labute approximate surface area is 150 Å². The summed E-state index contributed by atoms with van der Waals surface area (Å²) in [6.45, 7) is 19.4. The van der Waals surface area contributed by atoms with Crippen LogP contribution in [0.2, 0.25) is 0 Å². The first-order valence-corrected chi connectivity index (χ1v) is 9.68. The predicted octanol–water partition coefficient (Wildman–Crippen LogP) is 5.50. The quantitative estimate of drug-likeness (QED) is 0.665. The third kappa shape index (κ3) is 4.73. The molecular formula is C22H40O2. The van der Waals surface area contributed by atoms with Gasteiger partial charge in [0.25, 0.3) is 0 Å². The molecule has 2 aliphatic carbocycles. The average Bonchev–Trinajstić information content (AvgIpc) is 2.46. The molecule has 2 nitrogen and oxygen atoms in total. The number of rotatable bonds is 4. The van der Waals surface area contributed by atoms with Gasteiger partial charge in [-0.25, -0.2) is 0 Å². The highest BCUT2D eigenvalue weighted by Gasteiger charge is 2.52. The fourth-order valence-electron chi connectivity index (χ4n) is 5.35. The molecule has 0 amide bonds. The van der Waals surface area contributed by atoms with Gasteiger partial charge in [-0.05, 0) is 75.0 Å². The molecule has 0 radical (unpaired) electrons. The lowest BCUT2D eigenvalue weighted by molar-refractivity contribution is -0.0583. The summed E-state index contributed by atoms with van der Waals surface area (Å²) in [7, 11) is 0. The van der Waals surface area contributed by atoms with E-state index in [0.29, 0.717) is 16.7 Å². The summed E-state index contributed by atoms with van der Waals surface area (Å²) in [4.78, 5) is 0. The van der Waals surface area contributed by atoms with Gasteiger partial charge < -0.3 is 10.2 Å². The number of fused-ring (bicyclic) bond motifs is 1. The second-order valence-electron chi connectivity index (χ2n) is 9.07. The molecule has 0 spiro atoms. The second kappa shape index (κ2) is 8.19. The monoisotopic (exact) mass is 336 g/mol. The van der Waals surface area contributed by atoms with Crippen LogP contribution in [0.4, 0.5) is 0 Å². The zero-order chi connectivity index (χ0) is 18.6. The van der Waals surface area contributed by atoms with Crippen LogP contribution in [0.15, 0.2) is 24.8 Å². The van der Waals surface area contributed by atoms with E-state index in [0.717, 1.165) is 18.8 Å². The van der Waals surface area contributed by atoms with Crippen LogP contribution in [-0.2, 0) is 0 Å². The molecule has 2 rings (SSSR count). The Kier molecular flexibility index (Phi) is 7.31. The molecule has 2 heteroatoms. The summed E-state index contributed by atoms with van der Waals surface area (Å²) >= 11 is 0. The lowest BCUT2D eigenvalue weighted by atomic mass is 9.47. The van der Waals surface area contributed by atoms with Gasteiger partial charge >= 0.3 is 0 Å². The molecule has 24 heavy (non-hydrogen) atoms. The Morgan fingerprint density at radius 1 is 1.29 bits per heavy atom. The zero-order valence-electron chi connectivity index (χ0n) is 16.7. The summed E-state index contributed by atoms with van der Waals surface area (Å²) in [5.41, 5.74) is 1.50. The molecule has 140 valence electrons. The Balaban J connectivity index is 0.000000891. The molecule has 0 aliphatic heterocycles. The Bertz CT molecular complexity index is 435. The van der Waals surface area contributed by atoms with Gasteiger partial charge in [0.05, 0.1) is 5.60 Å². The molecule has 2 saturated carbocycles. The van der Waals surface area contributed by atoms with Crippen molar-refractivity contribution in [2.24, 2.45) is 22.7 Å². The number of hydrogen-bond acceptors (Lipinski definition) is 2. The maximum absolute atomic E-state index is 10.3. The van der Waals surface area contributed by atoms with Crippen LogP contribution >= 0.6 is 0 Å². The van der Waals surface area contributed by atoms with Gasteiger partial charge in [-0.15, -0.1) is 6.58 Å². The van der Waals surface area contributed by atoms with E-state index < -0.39 is 5.60 Å². The van der Waals surface area contributed by atoms with E-state index >= 15 is 0 Å². The predicted molar refractivity (Wildman–Crippen MR) is 104 cm³/mol. The summed E-state index contributed by atoms with van der Waals surface area (Å²) in [6, 6.07) is 0. The molecule has 2 aliphatic rings. The van der Waals surface area contributed by atoms with Gasteiger partial charge in [0.2, 0.25) is 0 Å². The highest BCUT2D eigenvalue weighted by atomic mass is 16.3. The van der Waals surface area contributed by atoms with Crippen molar-refractivity contribution < 1.29 is 10.2 Å². The third-order valence-electron chi connectivity index (χ3n) is 6.70. The third-order valence-corrected chi connectivity index (χ3v) is 6.70. The minimum Gasteiger partial charge on any atom is -0.397 e. The molecule has 4 atom stereocenters. The van der Waals surface area contributed by atoms with Crippen LogP contribution < -0.4 is 0 Å². The van der Waals surface area contributed by atoms with Crippen LogP contribution in [-0.4, -0.2) is 22.4 Å². The van der Waals surface area contributed by atoms with Crippen molar-refractivity contribution in [3.8, 4) is 0 Å². The van der Waals surface area contributed by atoms with Crippen LogP contribution in [0.25, 0.3) is 0 Å². The molecule has 0 aromatic rings. The lowest BCUT2D eigenvalue weighted by Gasteiger charge is -2.58. The number of hydrogen-bond donors (Lipinski definition) is 2. The summed E-state index contributed by atoms with van der Waals surface area (Å²) in [6.07, 6.45) is 10.0. The molecule has 2 N–H and O–H groups in total. The van der Waals surface area contributed by atoms with Gasteiger partial charge in [0.1, 0.15) is 0 Å². The van der Waals surface area contributed by atoms with Gasteiger partial charge in [0, 0.05) is 6.61 Å². The number of allylic oxidation sites excluding steroid dienone is 1. The summed E-state index contributed by atoms with van der Waals surface area (Å²) < 4.78 is 0. The minimum atomic E-state index is -0.742. The Hall–Kier alpha value is -0.600. The fraction of sp³-hybridized carbons (Fsp3) is 0.818. The van der Waals surface area contributed by atoms with Crippen molar-refractivity contribution in [3.05, 3.63) is 24.8 Å². The van der Waals surface area contributed by atoms with Crippen molar-refractivity contribution >= 4 is 0 Å². The van der Waals surface area contributed by atoms with E-state index in [-0.39, 0.29) is 6.61 Å². The molecular weight excluding hydrogens is 296 g/mol. The second-order valence-corrected chi connectivity index (χ2v) is 9.07. The van der Waals surface area contributed by atoms with Crippen molar-refractivity contribution in [2.75, 3.05) is 6.61 Å². The zero-order valence-corrected chi connectivity index (χ0v) is 16.7. The SMILES string of the molecule is C=C[C@@](C)(O)CC[C@H]1C(=C)CC[C@H]2C(C)(C)CCC[C@]12C.CCO. The minimum absolute atomic E-state index is 0.250. The normalized spacial score (nSPS) is 34.4. The van der Waals surface area contributed by atoms with E-state index in [9.17, 15) is 5.11 Å². The molecule has 2 fully saturated rings. The van der Waals surface area contributed by atoms with Crippen LogP contribution in [0.3, 0.4) is 0 Å². The number of aliphatic hydroxyl groups excluding tert-OH is 1. The van der Waals surface area contributed by atoms with E-state index in [4.69, 9.17) is 5.11 Å². The van der Waals surface area contributed by atoms with Crippen molar-refractivity contribution in [1.29, 1.82) is 0 Å². The van der Waals surface area contributed by atoms with Gasteiger partial charge in [0.15, 0.2) is 0 Å². The summed E-state index contributed by atoms with van der Waals surface area (Å²) in [5.74, 6) is 1.35. The topological polar surface area (TPSA) is 40.5 Å². The van der Waals surface area contributed by atoms with Crippen LogP contribution in [0.5, 0.6) is 0 Å². The van der Waals surface area contributed by atoms with Crippen molar-refractivity contribution in [3.63, 3.8) is 0 Å². The molecule has 0 aromatic carbocycles. The first-order chi connectivity index (χ1) is 11.0. The van der Waals surface area contributed by atoms with Crippen molar-refractivity contribution in [1.82, 2.24) is 0 Å². The lowest BCUT2D eigenvalue weighted by Crippen LogP contribution is -2.49. The first-order valence-electron chi connectivity index (χ1n) is 9.68. The standard InChI is InChI=1S/C20H34O.C2H6O/c1-7-19(5,21)14-11-16-15(2)9-10-17-18(3,4)12-8-13-20(16,17)6;1-2-3/h7,16-17,21H,1-2,8-14H2,3-6H3;3H,2H2,1H3/t16-,17-,19+,20+;/m0./s1. The number of aliphatic hydroxyl groups is 2. The van der Waals surface area contributed by atoms with Gasteiger partial charge in [-0.3, -0.25) is 0 Å². The van der Waals surface area contributed by atoms with Gasteiger partial charge in [-0.1, -0.05) is 45.4 Å². The molecule has 0 heterocycles. The molecule has 0 saturated heterocycles. The fourth-order valence-corrected chi connectivity index (χ4v) is 5.35. The average molecular weight is 337 g/mol. The Morgan fingerprint density at radius 3 is 2.42 bits per heavy atom. The van der Waals surface area contributed by atoms with E-state index in [1.807, 2.05) is 6.92 Å². The smallest absolute Gasteiger partial charge is 0.0797 e. The first kappa shape index (κ1) is 21.4. The van der Waals surface area contributed by atoms with Crippen molar-refractivity contribution in [2.45, 2.75) is 85.2 Å². The van der Waals surface area contributed by atoms with Gasteiger partial charge in [-0.2, -0.15) is 0 Å². The maximum Gasteiger partial charge on any atom is 0.0797 e. The largest absolute Gasteiger partial charge is 0.397 e. The van der Waals surface area contributed by atoms with Crippen LogP contribution in [0.1, 0.15) is 79.6 Å². The maximum atomic E-state index is 10.3. The Morgan fingerprint density at radius 2 is 1.88 bits per heavy atom. The molecule has 0 aromatic heterocycles. The van der Waals surface area contributed by atoms with E-state index in [1.165, 1.54) is 37.7 Å². The molecule has 0 bridgehead atoms. The van der Waals surface area contributed by atoms with Crippen LogP contribution in [0, 0.1) is 22.7 Å². The summed E-state index contributed by atoms with van der Waals surface area (Å²) in [5, 5.41) is 17.8. The molecule has 0 unspecified atom stereocenters.